The molecule has 1 amide bonds. The highest BCUT2D eigenvalue weighted by molar-refractivity contribution is 9.10. The lowest BCUT2D eigenvalue weighted by Crippen LogP contribution is -2.30. The van der Waals surface area contributed by atoms with E-state index in [-0.39, 0.29) is 11.8 Å². The standard InChI is InChI=1S/C17H18BrNO2/c1-12(13-8-4-7-11-16(13)21-3)17(20)19(2)15-10-6-5-9-14(15)18/h4-12H,1-3H3. The fraction of sp³-hybridized carbons (Fsp3) is 0.235. The molecule has 0 saturated heterocycles. The molecule has 2 aromatic rings. The first kappa shape index (κ1) is 15.6. The van der Waals surface area contributed by atoms with Crippen LogP contribution in [0.5, 0.6) is 5.75 Å². The summed E-state index contributed by atoms with van der Waals surface area (Å²) in [7, 11) is 3.40. The number of likely N-dealkylation sites (N-methyl/N-ethyl adjacent to an activating group) is 1. The van der Waals surface area contributed by atoms with Gasteiger partial charge in [0, 0.05) is 17.1 Å². The number of nitrogens with zero attached hydrogens (tertiary/aromatic N) is 1. The molecule has 0 heterocycles. The zero-order valence-corrected chi connectivity index (χ0v) is 13.9. The lowest BCUT2D eigenvalue weighted by Gasteiger charge is -2.23. The van der Waals surface area contributed by atoms with Crippen LogP contribution in [0, 0.1) is 0 Å². The highest BCUT2D eigenvalue weighted by Gasteiger charge is 2.23. The predicted molar refractivity (Wildman–Crippen MR) is 89.0 cm³/mol. The smallest absolute Gasteiger partial charge is 0.234 e. The summed E-state index contributed by atoms with van der Waals surface area (Å²) in [6.07, 6.45) is 0. The molecule has 0 radical (unpaired) electrons. The molecule has 0 bridgehead atoms. The van der Waals surface area contributed by atoms with Crippen LogP contribution in [0.4, 0.5) is 5.69 Å². The van der Waals surface area contributed by atoms with Gasteiger partial charge in [-0.2, -0.15) is 0 Å². The second kappa shape index (κ2) is 6.76. The van der Waals surface area contributed by atoms with Crippen molar-refractivity contribution in [1.82, 2.24) is 0 Å². The van der Waals surface area contributed by atoms with Gasteiger partial charge in [-0.15, -0.1) is 0 Å². The van der Waals surface area contributed by atoms with Crippen molar-refractivity contribution in [3.8, 4) is 5.75 Å². The van der Waals surface area contributed by atoms with Gasteiger partial charge in [0.1, 0.15) is 5.75 Å². The molecule has 3 nitrogen and oxygen atoms in total. The Hall–Kier alpha value is -1.81. The number of hydrogen-bond acceptors (Lipinski definition) is 2. The van der Waals surface area contributed by atoms with Gasteiger partial charge in [0.25, 0.3) is 0 Å². The van der Waals surface area contributed by atoms with E-state index in [9.17, 15) is 4.79 Å². The number of anilines is 1. The highest BCUT2D eigenvalue weighted by atomic mass is 79.9. The second-order valence-corrected chi connectivity index (χ2v) is 5.67. The number of hydrogen-bond donors (Lipinski definition) is 0. The van der Waals surface area contributed by atoms with Gasteiger partial charge in [-0.3, -0.25) is 4.79 Å². The number of rotatable bonds is 4. The number of carbonyl (C=O) groups excluding carboxylic acids is 1. The van der Waals surface area contributed by atoms with Crippen LogP contribution in [0.15, 0.2) is 53.0 Å². The summed E-state index contributed by atoms with van der Waals surface area (Å²) in [6, 6.07) is 15.3. The Morgan fingerprint density at radius 3 is 2.43 bits per heavy atom. The van der Waals surface area contributed by atoms with Crippen molar-refractivity contribution in [2.45, 2.75) is 12.8 Å². The Balaban J connectivity index is 2.29. The van der Waals surface area contributed by atoms with E-state index >= 15 is 0 Å². The van der Waals surface area contributed by atoms with Crippen LogP contribution >= 0.6 is 15.9 Å². The zero-order valence-electron chi connectivity index (χ0n) is 12.3. The molecule has 4 heteroatoms. The van der Waals surface area contributed by atoms with E-state index in [4.69, 9.17) is 4.74 Å². The second-order valence-electron chi connectivity index (χ2n) is 4.81. The Kier molecular flexibility index (Phi) is 5.02. The minimum absolute atomic E-state index is 0.0198. The van der Waals surface area contributed by atoms with Crippen molar-refractivity contribution in [3.05, 3.63) is 58.6 Å². The number of halogens is 1. The molecule has 2 aromatic carbocycles. The molecule has 21 heavy (non-hydrogen) atoms. The molecule has 110 valence electrons. The van der Waals surface area contributed by atoms with Crippen LogP contribution in [-0.4, -0.2) is 20.1 Å². The van der Waals surface area contributed by atoms with Gasteiger partial charge >= 0.3 is 0 Å². The Morgan fingerprint density at radius 1 is 1.14 bits per heavy atom. The van der Waals surface area contributed by atoms with E-state index in [0.717, 1.165) is 21.5 Å². The average Bonchev–Trinajstić information content (AvgIpc) is 2.53. The third-order valence-electron chi connectivity index (χ3n) is 3.52. The molecule has 0 N–H and O–H groups in total. The summed E-state index contributed by atoms with van der Waals surface area (Å²) in [5.74, 6) is 0.475. The Labute approximate surface area is 133 Å². The fourth-order valence-electron chi connectivity index (χ4n) is 2.29. The Bertz CT molecular complexity index is 642. The summed E-state index contributed by atoms with van der Waals surface area (Å²) in [5, 5.41) is 0. The number of para-hydroxylation sites is 2. The van der Waals surface area contributed by atoms with Gasteiger partial charge in [0.05, 0.1) is 18.7 Å². The maximum absolute atomic E-state index is 12.7. The van der Waals surface area contributed by atoms with Crippen molar-refractivity contribution in [1.29, 1.82) is 0 Å². The first-order valence-electron chi connectivity index (χ1n) is 6.71. The van der Waals surface area contributed by atoms with Crippen molar-refractivity contribution in [3.63, 3.8) is 0 Å². The lowest BCUT2D eigenvalue weighted by atomic mass is 9.98. The predicted octanol–water partition coefficient (Wildman–Crippen LogP) is 4.22. The maximum atomic E-state index is 12.7. The maximum Gasteiger partial charge on any atom is 0.234 e. The minimum Gasteiger partial charge on any atom is -0.496 e. The quantitative estimate of drug-likeness (QED) is 0.828. The van der Waals surface area contributed by atoms with E-state index in [1.54, 1.807) is 19.1 Å². The normalized spacial score (nSPS) is 11.8. The van der Waals surface area contributed by atoms with Crippen molar-refractivity contribution >= 4 is 27.5 Å². The van der Waals surface area contributed by atoms with Crippen LogP contribution in [0.3, 0.4) is 0 Å². The molecule has 0 aliphatic carbocycles. The molecule has 0 spiro atoms. The van der Waals surface area contributed by atoms with Crippen molar-refractivity contribution in [2.24, 2.45) is 0 Å². The molecule has 1 unspecified atom stereocenters. The molecule has 0 aliphatic heterocycles. The number of amides is 1. The van der Waals surface area contributed by atoms with Gasteiger partial charge in [-0.25, -0.2) is 0 Å². The molecule has 2 rings (SSSR count). The molecule has 1 atom stereocenters. The molecule has 0 aliphatic rings. The average molecular weight is 348 g/mol. The van der Waals surface area contributed by atoms with Gasteiger partial charge in [0.2, 0.25) is 5.91 Å². The number of ether oxygens (including phenoxy) is 1. The van der Waals surface area contributed by atoms with E-state index in [1.165, 1.54) is 0 Å². The first-order chi connectivity index (χ1) is 10.1. The first-order valence-corrected chi connectivity index (χ1v) is 7.50. The molecular formula is C17H18BrNO2. The topological polar surface area (TPSA) is 29.5 Å². The zero-order chi connectivity index (χ0) is 15.4. The van der Waals surface area contributed by atoms with Crippen molar-refractivity contribution in [2.75, 3.05) is 19.1 Å². The third kappa shape index (κ3) is 3.27. The number of methoxy groups -OCH3 is 1. The van der Waals surface area contributed by atoms with E-state index in [0.29, 0.717) is 0 Å². The number of carbonyl (C=O) groups is 1. The van der Waals surface area contributed by atoms with Crippen LogP contribution in [0.25, 0.3) is 0 Å². The van der Waals surface area contributed by atoms with Crippen LogP contribution < -0.4 is 9.64 Å². The Morgan fingerprint density at radius 2 is 1.76 bits per heavy atom. The van der Waals surface area contributed by atoms with Crippen LogP contribution in [-0.2, 0) is 4.79 Å². The van der Waals surface area contributed by atoms with Gasteiger partial charge in [0.15, 0.2) is 0 Å². The lowest BCUT2D eigenvalue weighted by molar-refractivity contribution is -0.119. The number of benzene rings is 2. The summed E-state index contributed by atoms with van der Waals surface area (Å²) < 4.78 is 6.24. The molecule has 0 aromatic heterocycles. The third-order valence-corrected chi connectivity index (χ3v) is 4.19. The summed E-state index contributed by atoms with van der Waals surface area (Å²) in [6.45, 7) is 1.90. The fourth-order valence-corrected chi connectivity index (χ4v) is 2.84. The molecule has 0 fully saturated rings. The summed E-state index contributed by atoms with van der Waals surface area (Å²) in [5.41, 5.74) is 1.74. The minimum atomic E-state index is -0.279. The van der Waals surface area contributed by atoms with Crippen LogP contribution in [0.1, 0.15) is 18.4 Å². The van der Waals surface area contributed by atoms with Gasteiger partial charge in [-0.05, 0) is 41.1 Å². The summed E-state index contributed by atoms with van der Waals surface area (Å²) >= 11 is 3.48. The monoisotopic (exact) mass is 347 g/mol. The summed E-state index contributed by atoms with van der Waals surface area (Å²) in [4.78, 5) is 14.4. The molecule has 0 saturated carbocycles. The van der Waals surface area contributed by atoms with Crippen LogP contribution in [0.2, 0.25) is 0 Å². The van der Waals surface area contributed by atoms with Crippen molar-refractivity contribution < 1.29 is 9.53 Å². The molecular weight excluding hydrogens is 330 g/mol. The van der Waals surface area contributed by atoms with E-state index in [1.807, 2.05) is 55.5 Å². The van der Waals surface area contributed by atoms with Gasteiger partial charge in [-0.1, -0.05) is 30.3 Å². The highest BCUT2D eigenvalue weighted by Crippen LogP contribution is 2.31. The van der Waals surface area contributed by atoms with Gasteiger partial charge < -0.3 is 9.64 Å². The largest absolute Gasteiger partial charge is 0.496 e. The van der Waals surface area contributed by atoms with E-state index < -0.39 is 0 Å². The SMILES string of the molecule is COc1ccccc1C(C)C(=O)N(C)c1ccccc1Br. The van der Waals surface area contributed by atoms with E-state index in [2.05, 4.69) is 15.9 Å².